The van der Waals surface area contributed by atoms with Crippen LogP contribution in [0.4, 0.5) is 0 Å². The molecule has 45 heavy (non-hydrogen) atoms. The number of carbonyl (C=O) groups is 2. The lowest BCUT2D eigenvalue weighted by Gasteiger charge is -2.29. The zero-order chi connectivity index (χ0) is 32.2. The molecule has 0 atom stereocenters. The van der Waals surface area contributed by atoms with Gasteiger partial charge in [-0.05, 0) is 69.4 Å². The van der Waals surface area contributed by atoms with E-state index in [0.29, 0.717) is 28.6 Å². The van der Waals surface area contributed by atoms with Crippen molar-refractivity contribution >= 4 is 22.3 Å². The van der Waals surface area contributed by atoms with E-state index in [4.69, 9.17) is 4.74 Å². The molecule has 226 valence electrons. The van der Waals surface area contributed by atoms with Gasteiger partial charge in [0, 0.05) is 33.2 Å². The van der Waals surface area contributed by atoms with Gasteiger partial charge >= 0.3 is 0 Å². The molecule has 0 fully saturated rings. The van der Waals surface area contributed by atoms with E-state index in [1.54, 1.807) is 6.07 Å². The fraction of sp³-hybridized carbons (Fsp3) is 0.200. The van der Waals surface area contributed by atoms with Crippen LogP contribution in [-0.2, 0) is 12.8 Å². The molecule has 5 aromatic rings. The minimum atomic E-state index is -0.812. The number of aromatic nitrogens is 2. The highest BCUT2D eigenvalue weighted by Crippen LogP contribution is 2.54. The second-order valence-electron chi connectivity index (χ2n) is 11.8. The highest BCUT2D eigenvalue weighted by atomic mass is 16.5. The number of phenolic OH excluding ortho intramolecular Hbond substituents is 4. The van der Waals surface area contributed by atoms with E-state index in [0.717, 1.165) is 22.8 Å². The van der Waals surface area contributed by atoms with Gasteiger partial charge in [0.2, 0.25) is 5.78 Å². The summed E-state index contributed by atoms with van der Waals surface area (Å²) in [5.74, 6) is -3.43. The van der Waals surface area contributed by atoms with Crippen LogP contribution in [0.15, 0.2) is 35.3 Å². The summed E-state index contributed by atoms with van der Waals surface area (Å²) in [5, 5.41) is 49.5. The Bertz CT molecular complexity index is 2270. The van der Waals surface area contributed by atoms with E-state index >= 15 is 0 Å². The molecule has 10 nitrogen and oxygen atoms in total. The molecular weight excluding hydrogens is 576 g/mol. The van der Waals surface area contributed by atoms with Crippen LogP contribution in [-0.4, -0.2) is 48.9 Å². The molecule has 4 aromatic carbocycles. The Morgan fingerprint density at radius 1 is 0.756 bits per heavy atom. The van der Waals surface area contributed by atoms with Crippen LogP contribution in [0.3, 0.4) is 0 Å². The van der Waals surface area contributed by atoms with Crippen LogP contribution in [0.5, 0.6) is 28.7 Å². The molecule has 10 heteroatoms. The molecule has 0 saturated carbocycles. The zero-order valence-corrected chi connectivity index (χ0v) is 25.1. The SMILES string of the molecule is COc1c2c(c(O)c3c1C(=O)c1c(cc(O)c(C)c1O)C3=O)-c1c(cc3cnn(-c4c(C)cc(C)cc4C)c(=O)c3c1O)CC2. The Balaban J connectivity index is 1.55. The van der Waals surface area contributed by atoms with E-state index in [1.807, 2.05) is 32.9 Å². The lowest BCUT2D eigenvalue weighted by atomic mass is 9.75. The summed E-state index contributed by atoms with van der Waals surface area (Å²) < 4.78 is 6.95. The third kappa shape index (κ3) is 3.62. The summed E-state index contributed by atoms with van der Waals surface area (Å²) in [6.45, 7) is 7.12. The molecule has 2 aliphatic rings. The number of ketones is 2. The fourth-order valence-corrected chi connectivity index (χ4v) is 7.11. The highest BCUT2D eigenvalue weighted by molar-refractivity contribution is 6.32. The highest BCUT2D eigenvalue weighted by Gasteiger charge is 2.42. The van der Waals surface area contributed by atoms with Gasteiger partial charge in [-0.2, -0.15) is 9.78 Å². The first-order chi connectivity index (χ1) is 21.4. The van der Waals surface area contributed by atoms with Crippen LogP contribution < -0.4 is 10.3 Å². The van der Waals surface area contributed by atoms with Gasteiger partial charge < -0.3 is 25.2 Å². The predicted octanol–water partition coefficient (Wildman–Crippen LogP) is 4.99. The van der Waals surface area contributed by atoms with Crippen molar-refractivity contribution in [3.63, 3.8) is 0 Å². The maximum atomic E-state index is 14.0. The Hall–Kier alpha value is -5.64. The summed E-state index contributed by atoms with van der Waals surface area (Å²) in [7, 11) is 1.33. The second kappa shape index (κ2) is 9.43. The second-order valence-corrected chi connectivity index (χ2v) is 11.8. The maximum absolute atomic E-state index is 14.0. The summed E-state index contributed by atoms with van der Waals surface area (Å²) in [6, 6.07) is 6.69. The average molecular weight is 605 g/mol. The van der Waals surface area contributed by atoms with E-state index in [9.17, 15) is 34.8 Å². The van der Waals surface area contributed by atoms with E-state index in [2.05, 4.69) is 5.10 Å². The topological polar surface area (TPSA) is 159 Å². The van der Waals surface area contributed by atoms with Gasteiger partial charge in [-0.25, -0.2) is 0 Å². The first kappa shape index (κ1) is 28.1. The molecule has 0 bridgehead atoms. The normalized spacial score (nSPS) is 13.4. The molecule has 1 heterocycles. The Kier molecular flexibility index (Phi) is 5.90. The zero-order valence-electron chi connectivity index (χ0n) is 25.1. The van der Waals surface area contributed by atoms with Crippen molar-refractivity contribution in [1.29, 1.82) is 0 Å². The summed E-state index contributed by atoms with van der Waals surface area (Å²) in [5.41, 5.74) is 2.77. The molecule has 2 aliphatic carbocycles. The van der Waals surface area contributed by atoms with Gasteiger partial charge in [0.1, 0.15) is 28.7 Å². The number of methoxy groups -OCH3 is 1. The number of benzene rings is 4. The standard InChI is InChI=1S/C35H28N2O8/c1-13-8-14(2)28(15(3)9-13)37-35(44)23-18(12-36-37)10-17-6-7-19-24(22(17)31(23)41)32(42)26-27(34(19)45-5)33(43)25-20(30(26)40)11-21(38)16(4)29(25)39/h8-12,38-39,41-42H,6-7H2,1-5H3. The van der Waals surface area contributed by atoms with E-state index < -0.39 is 40.1 Å². The summed E-state index contributed by atoms with van der Waals surface area (Å²) in [6.07, 6.45) is 2.15. The molecule has 0 aliphatic heterocycles. The number of carbonyl (C=O) groups excluding carboxylic acids is 2. The molecule has 0 spiro atoms. The van der Waals surface area contributed by atoms with Gasteiger partial charge in [0.25, 0.3) is 5.56 Å². The largest absolute Gasteiger partial charge is 0.508 e. The quantitative estimate of drug-likeness (QED) is 0.214. The number of phenols is 4. The van der Waals surface area contributed by atoms with Crippen molar-refractivity contribution in [3.8, 4) is 45.6 Å². The maximum Gasteiger partial charge on any atom is 0.283 e. The minimum absolute atomic E-state index is 0.0230. The first-order valence-corrected chi connectivity index (χ1v) is 14.3. The molecular formula is C35H28N2O8. The Labute approximate surface area is 256 Å². The number of fused-ring (bicyclic) bond motifs is 6. The van der Waals surface area contributed by atoms with Gasteiger partial charge in [-0.15, -0.1) is 0 Å². The van der Waals surface area contributed by atoms with Crippen molar-refractivity contribution in [2.75, 3.05) is 7.11 Å². The van der Waals surface area contributed by atoms with Crippen molar-refractivity contribution in [2.24, 2.45) is 0 Å². The van der Waals surface area contributed by atoms with Crippen LogP contribution in [0.25, 0.3) is 27.6 Å². The summed E-state index contributed by atoms with van der Waals surface area (Å²) in [4.78, 5) is 41.7. The first-order valence-electron chi connectivity index (χ1n) is 14.3. The smallest absolute Gasteiger partial charge is 0.283 e. The number of ether oxygens (including phenoxy) is 1. The predicted molar refractivity (Wildman–Crippen MR) is 166 cm³/mol. The van der Waals surface area contributed by atoms with Crippen LogP contribution >= 0.6 is 0 Å². The third-order valence-electron chi connectivity index (χ3n) is 9.06. The van der Waals surface area contributed by atoms with Crippen molar-refractivity contribution in [1.82, 2.24) is 9.78 Å². The minimum Gasteiger partial charge on any atom is -0.508 e. The Morgan fingerprint density at radius 2 is 1.44 bits per heavy atom. The number of aromatic hydroxyl groups is 4. The van der Waals surface area contributed by atoms with Crippen molar-refractivity contribution < 1.29 is 34.8 Å². The number of nitrogens with zero attached hydrogens (tertiary/aromatic N) is 2. The molecule has 4 N–H and O–H groups in total. The number of rotatable bonds is 2. The van der Waals surface area contributed by atoms with Crippen molar-refractivity contribution in [3.05, 3.63) is 96.5 Å². The van der Waals surface area contributed by atoms with Gasteiger partial charge in [0.05, 0.1) is 41.1 Å². The molecule has 0 saturated heterocycles. The van der Waals surface area contributed by atoms with Crippen LogP contribution in [0.1, 0.15) is 65.2 Å². The third-order valence-corrected chi connectivity index (χ3v) is 9.06. The fourth-order valence-electron chi connectivity index (χ4n) is 7.11. The molecule has 0 radical (unpaired) electrons. The number of hydrogen-bond acceptors (Lipinski definition) is 9. The van der Waals surface area contributed by atoms with Crippen molar-refractivity contribution in [2.45, 2.75) is 40.5 Å². The average Bonchev–Trinajstić information content (AvgIpc) is 2.98. The number of aryl methyl sites for hydroxylation is 4. The molecule has 0 amide bonds. The van der Waals surface area contributed by atoms with Gasteiger partial charge in [-0.1, -0.05) is 17.7 Å². The van der Waals surface area contributed by atoms with Crippen LogP contribution in [0, 0.1) is 27.7 Å². The molecule has 1 aromatic heterocycles. The monoisotopic (exact) mass is 604 g/mol. The van der Waals surface area contributed by atoms with Crippen LogP contribution in [0.2, 0.25) is 0 Å². The van der Waals surface area contributed by atoms with E-state index in [1.165, 1.54) is 24.9 Å². The lowest BCUT2D eigenvalue weighted by Crippen LogP contribution is -2.25. The lowest BCUT2D eigenvalue weighted by molar-refractivity contribution is 0.0971. The molecule has 0 unspecified atom stereocenters. The number of hydrogen-bond donors (Lipinski definition) is 4. The Morgan fingerprint density at radius 3 is 2.11 bits per heavy atom. The van der Waals surface area contributed by atoms with Gasteiger partial charge in [0.15, 0.2) is 5.78 Å². The van der Waals surface area contributed by atoms with E-state index in [-0.39, 0.29) is 56.5 Å². The molecule has 7 rings (SSSR count). The summed E-state index contributed by atoms with van der Waals surface area (Å²) >= 11 is 0. The van der Waals surface area contributed by atoms with Gasteiger partial charge in [-0.3, -0.25) is 14.4 Å².